The Balaban J connectivity index is 1.84. The predicted molar refractivity (Wildman–Crippen MR) is 79.0 cm³/mol. The lowest BCUT2D eigenvalue weighted by Crippen LogP contribution is -2.16. The molecule has 0 aliphatic heterocycles. The van der Waals surface area contributed by atoms with E-state index in [-0.39, 0.29) is 0 Å². The molecule has 1 saturated carbocycles. The van der Waals surface area contributed by atoms with E-state index in [1.54, 1.807) is 0 Å². The summed E-state index contributed by atoms with van der Waals surface area (Å²) in [5.74, 6) is 0. The summed E-state index contributed by atoms with van der Waals surface area (Å²) in [6.07, 6.45) is 7.41. The zero-order valence-corrected chi connectivity index (χ0v) is 11.9. The number of rotatable bonds is 6. The van der Waals surface area contributed by atoms with Crippen molar-refractivity contribution in [3.63, 3.8) is 0 Å². The third-order valence-corrected chi connectivity index (χ3v) is 3.75. The maximum Gasteiger partial charge on any atom is 0.00683 e. The lowest BCUT2D eigenvalue weighted by molar-refractivity contribution is 0.688. The van der Waals surface area contributed by atoms with Crippen molar-refractivity contribution in [2.75, 3.05) is 6.54 Å². The van der Waals surface area contributed by atoms with Crippen LogP contribution in [-0.4, -0.2) is 12.6 Å². The molecule has 0 bridgehead atoms. The molecule has 98 valence electrons. The van der Waals surface area contributed by atoms with Crippen LogP contribution in [0.5, 0.6) is 0 Å². The number of hydrogen-bond donors (Lipinski definition) is 1. The first-order valence-electron chi connectivity index (χ1n) is 7.11. The molecular weight excluding hydrogens is 218 g/mol. The average Bonchev–Trinajstić information content (AvgIpc) is 3.14. The zero-order valence-electron chi connectivity index (χ0n) is 11.9. The highest BCUT2D eigenvalue weighted by Gasteiger charge is 2.19. The Labute approximate surface area is 111 Å². The van der Waals surface area contributed by atoms with Crippen molar-refractivity contribution in [2.45, 2.75) is 52.5 Å². The first kappa shape index (κ1) is 13.4. The molecule has 0 unspecified atom stereocenters. The van der Waals surface area contributed by atoms with E-state index in [1.165, 1.54) is 35.1 Å². The molecule has 1 fully saturated rings. The Morgan fingerprint density at radius 2 is 1.94 bits per heavy atom. The second kappa shape index (κ2) is 6.19. The van der Waals surface area contributed by atoms with E-state index < -0.39 is 0 Å². The molecule has 0 amide bonds. The van der Waals surface area contributed by atoms with E-state index in [1.807, 2.05) is 0 Å². The second-order valence-electron chi connectivity index (χ2n) is 5.61. The average molecular weight is 243 g/mol. The highest BCUT2D eigenvalue weighted by Crippen LogP contribution is 2.19. The SMILES string of the molecule is C/C(=C/CCNC1CC1)Cc1c(C)cccc1C. The van der Waals surface area contributed by atoms with Crippen LogP contribution < -0.4 is 5.32 Å². The van der Waals surface area contributed by atoms with Gasteiger partial charge in [0.25, 0.3) is 0 Å². The maximum absolute atomic E-state index is 3.55. The topological polar surface area (TPSA) is 12.0 Å². The van der Waals surface area contributed by atoms with Gasteiger partial charge in [-0.2, -0.15) is 0 Å². The van der Waals surface area contributed by atoms with Gasteiger partial charge in [-0.25, -0.2) is 0 Å². The van der Waals surface area contributed by atoms with Crippen LogP contribution in [0, 0.1) is 13.8 Å². The van der Waals surface area contributed by atoms with Crippen molar-refractivity contribution in [3.8, 4) is 0 Å². The van der Waals surface area contributed by atoms with Crippen molar-refractivity contribution < 1.29 is 0 Å². The highest BCUT2D eigenvalue weighted by atomic mass is 14.9. The van der Waals surface area contributed by atoms with Crippen LogP contribution in [0.1, 0.15) is 42.9 Å². The van der Waals surface area contributed by atoms with Crippen molar-refractivity contribution >= 4 is 0 Å². The van der Waals surface area contributed by atoms with E-state index in [4.69, 9.17) is 0 Å². The summed E-state index contributed by atoms with van der Waals surface area (Å²) < 4.78 is 0. The zero-order chi connectivity index (χ0) is 13.0. The fraction of sp³-hybridized carbons (Fsp3) is 0.529. The van der Waals surface area contributed by atoms with Crippen LogP contribution in [0.25, 0.3) is 0 Å². The molecule has 1 aromatic rings. The summed E-state index contributed by atoms with van der Waals surface area (Å²) >= 11 is 0. The van der Waals surface area contributed by atoms with Crippen molar-refractivity contribution in [3.05, 3.63) is 46.5 Å². The molecule has 1 N–H and O–H groups in total. The fourth-order valence-electron chi connectivity index (χ4n) is 2.37. The number of benzene rings is 1. The van der Waals surface area contributed by atoms with Gasteiger partial charge in [0.15, 0.2) is 0 Å². The largest absolute Gasteiger partial charge is 0.314 e. The molecule has 1 nitrogen and oxygen atoms in total. The van der Waals surface area contributed by atoms with Crippen LogP contribution in [0.2, 0.25) is 0 Å². The van der Waals surface area contributed by atoms with Crippen LogP contribution >= 0.6 is 0 Å². The molecule has 1 aliphatic rings. The molecule has 0 atom stereocenters. The molecule has 0 spiro atoms. The lowest BCUT2D eigenvalue weighted by Gasteiger charge is -2.10. The second-order valence-corrected chi connectivity index (χ2v) is 5.61. The van der Waals surface area contributed by atoms with Crippen LogP contribution in [0.3, 0.4) is 0 Å². The van der Waals surface area contributed by atoms with E-state index >= 15 is 0 Å². The standard InChI is InChI=1S/C17H25N/c1-13(6-5-11-18-16-9-10-16)12-17-14(2)7-4-8-15(17)3/h4,6-8,16,18H,5,9-12H2,1-3H3/b13-6-. The van der Waals surface area contributed by atoms with E-state index in [0.717, 1.165) is 25.4 Å². The van der Waals surface area contributed by atoms with Crippen molar-refractivity contribution in [1.82, 2.24) is 5.32 Å². The van der Waals surface area contributed by atoms with Gasteiger partial charge in [-0.05, 0) is 69.7 Å². The Morgan fingerprint density at radius 1 is 1.28 bits per heavy atom. The summed E-state index contributed by atoms with van der Waals surface area (Å²) in [6.45, 7) is 7.81. The predicted octanol–water partition coefficient (Wildman–Crippen LogP) is 3.93. The molecule has 1 heteroatoms. The smallest absolute Gasteiger partial charge is 0.00683 e. The summed E-state index contributed by atoms with van der Waals surface area (Å²) in [4.78, 5) is 0. The molecule has 0 heterocycles. The van der Waals surface area contributed by atoms with Gasteiger partial charge in [0.1, 0.15) is 0 Å². The number of nitrogens with one attached hydrogen (secondary N) is 1. The van der Waals surface area contributed by atoms with E-state index in [9.17, 15) is 0 Å². The minimum atomic E-state index is 0.831. The number of hydrogen-bond acceptors (Lipinski definition) is 1. The maximum atomic E-state index is 3.55. The lowest BCUT2D eigenvalue weighted by atomic mass is 9.96. The Bertz CT molecular complexity index is 407. The molecule has 0 radical (unpaired) electrons. The van der Waals surface area contributed by atoms with Gasteiger partial charge in [0, 0.05) is 6.04 Å². The van der Waals surface area contributed by atoms with Crippen LogP contribution in [0.4, 0.5) is 0 Å². The van der Waals surface area contributed by atoms with Gasteiger partial charge in [-0.3, -0.25) is 0 Å². The number of aryl methyl sites for hydroxylation is 2. The van der Waals surface area contributed by atoms with Gasteiger partial charge in [0.05, 0.1) is 0 Å². The molecule has 2 rings (SSSR count). The first-order chi connectivity index (χ1) is 8.66. The van der Waals surface area contributed by atoms with Gasteiger partial charge in [-0.15, -0.1) is 0 Å². The summed E-state index contributed by atoms with van der Waals surface area (Å²) in [5, 5.41) is 3.55. The summed E-state index contributed by atoms with van der Waals surface area (Å²) in [5.41, 5.74) is 5.82. The monoisotopic (exact) mass is 243 g/mol. The minimum absolute atomic E-state index is 0.831. The first-order valence-corrected chi connectivity index (χ1v) is 7.11. The van der Waals surface area contributed by atoms with Crippen LogP contribution in [-0.2, 0) is 6.42 Å². The van der Waals surface area contributed by atoms with E-state index in [2.05, 4.69) is 50.4 Å². The third-order valence-electron chi connectivity index (χ3n) is 3.75. The van der Waals surface area contributed by atoms with Crippen molar-refractivity contribution in [2.24, 2.45) is 0 Å². The summed E-state index contributed by atoms with van der Waals surface area (Å²) in [6, 6.07) is 7.40. The molecule has 1 aliphatic carbocycles. The quantitative estimate of drug-likeness (QED) is 0.589. The number of allylic oxidation sites excluding steroid dienone is 1. The molecular formula is C17H25N. The molecule has 1 aromatic carbocycles. The van der Waals surface area contributed by atoms with Gasteiger partial charge in [0.2, 0.25) is 0 Å². The normalized spacial score (nSPS) is 16.1. The Hall–Kier alpha value is -1.08. The minimum Gasteiger partial charge on any atom is -0.314 e. The van der Waals surface area contributed by atoms with Gasteiger partial charge >= 0.3 is 0 Å². The van der Waals surface area contributed by atoms with E-state index in [0.29, 0.717) is 0 Å². The molecule has 0 saturated heterocycles. The highest BCUT2D eigenvalue weighted by molar-refractivity contribution is 5.36. The third kappa shape index (κ3) is 3.99. The van der Waals surface area contributed by atoms with Crippen molar-refractivity contribution in [1.29, 1.82) is 0 Å². The fourth-order valence-corrected chi connectivity index (χ4v) is 2.37. The van der Waals surface area contributed by atoms with Crippen LogP contribution in [0.15, 0.2) is 29.8 Å². The summed E-state index contributed by atoms with van der Waals surface area (Å²) in [7, 11) is 0. The Morgan fingerprint density at radius 3 is 2.56 bits per heavy atom. The molecule has 0 aromatic heterocycles. The van der Waals surface area contributed by atoms with Gasteiger partial charge < -0.3 is 5.32 Å². The molecule has 18 heavy (non-hydrogen) atoms. The van der Waals surface area contributed by atoms with Gasteiger partial charge in [-0.1, -0.05) is 29.8 Å². The Kier molecular flexibility index (Phi) is 4.60.